The summed E-state index contributed by atoms with van der Waals surface area (Å²) in [4.78, 5) is 0. The van der Waals surface area contributed by atoms with E-state index in [1.807, 2.05) is 36.0 Å². The summed E-state index contributed by atoms with van der Waals surface area (Å²) in [7, 11) is 1.93. The third-order valence-corrected chi connectivity index (χ3v) is 4.18. The fourth-order valence-electron chi connectivity index (χ4n) is 2.56. The van der Waals surface area contributed by atoms with E-state index in [2.05, 4.69) is 11.2 Å². The van der Waals surface area contributed by atoms with Gasteiger partial charge in [0.05, 0.1) is 11.2 Å². The molecule has 3 nitrogen and oxygen atoms in total. The van der Waals surface area contributed by atoms with Gasteiger partial charge < -0.3 is 5.73 Å². The van der Waals surface area contributed by atoms with Gasteiger partial charge in [-0.25, -0.2) is 0 Å². The lowest BCUT2D eigenvalue weighted by molar-refractivity contribution is 0.682. The Hall–Kier alpha value is -1.55. The summed E-state index contributed by atoms with van der Waals surface area (Å²) in [5.74, 6) is 0. The average molecular weight is 320 g/mol. The van der Waals surface area contributed by atoms with Crippen LogP contribution in [0.3, 0.4) is 0 Å². The molecule has 0 aliphatic rings. The molecule has 0 aliphatic heterocycles. The summed E-state index contributed by atoms with van der Waals surface area (Å²) < 4.78 is 1.87. The van der Waals surface area contributed by atoms with Crippen LogP contribution in [0.15, 0.2) is 42.5 Å². The van der Waals surface area contributed by atoms with E-state index in [1.54, 1.807) is 12.1 Å². The second-order valence-electron chi connectivity index (χ2n) is 5.06. The first-order valence-corrected chi connectivity index (χ1v) is 7.43. The van der Waals surface area contributed by atoms with Crippen LogP contribution in [0.2, 0.25) is 10.0 Å². The maximum absolute atomic E-state index is 6.30. The van der Waals surface area contributed by atoms with Crippen LogP contribution in [0, 0.1) is 0 Å². The predicted octanol–water partition coefficient (Wildman–Crippen LogP) is 4.12. The minimum absolute atomic E-state index is 0.241. The third-order valence-electron chi connectivity index (χ3n) is 3.61. The molecule has 3 aromatic rings. The van der Waals surface area contributed by atoms with Gasteiger partial charge in [-0.3, -0.25) is 4.68 Å². The molecular weight excluding hydrogens is 305 g/mol. The SMILES string of the molecule is Cn1nc(CC(N)c2cc(Cl)ccc2Cl)c2ccccc21. The Balaban J connectivity index is 1.96. The first-order chi connectivity index (χ1) is 10.1. The smallest absolute Gasteiger partial charge is 0.0722 e. The molecule has 1 atom stereocenters. The standard InChI is InChI=1S/C16H15Cl2N3/c1-21-16-5-3-2-4-11(16)15(20-21)9-14(19)12-8-10(17)6-7-13(12)18/h2-8,14H,9,19H2,1H3. The molecule has 1 aromatic heterocycles. The summed E-state index contributed by atoms with van der Waals surface area (Å²) in [6.45, 7) is 0. The Morgan fingerprint density at radius 2 is 1.95 bits per heavy atom. The quantitative estimate of drug-likeness (QED) is 0.789. The van der Waals surface area contributed by atoms with Gasteiger partial charge in [0.1, 0.15) is 0 Å². The van der Waals surface area contributed by atoms with Gasteiger partial charge in [-0.1, -0.05) is 41.4 Å². The number of nitrogens with two attached hydrogens (primary N) is 1. The number of para-hydroxylation sites is 1. The van der Waals surface area contributed by atoms with Crippen LogP contribution in [0.25, 0.3) is 10.9 Å². The minimum atomic E-state index is -0.241. The van der Waals surface area contributed by atoms with Crippen molar-refractivity contribution in [2.75, 3.05) is 0 Å². The zero-order valence-electron chi connectivity index (χ0n) is 11.6. The van der Waals surface area contributed by atoms with Crippen molar-refractivity contribution in [1.29, 1.82) is 0 Å². The van der Waals surface area contributed by atoms with Crippen molar-refractivity contribution >= 4 is 34.1 Å². The maximum atomic E-state index is 6.30. The van der Waals surface area contributed by atoms with Crippen LogP contribution in [0.4, 0.5) is 0 Å². The van der Waals surface area contributed by atoms with Crippen LogP contribution in [-0.4, -0.2) is 9.78 Å². The van der Waals surface area contributed by atoms with E-state index < -0.39 is 0 Å². The molecule has 21 heavy (non-hydrogen) atoms. The Morgan fingerprint density at radius 3 is 2.76 bits per heavy atom. The average Bonchev–Trinajstić information content (AvgIpc) is 2.78. The normalized spacial score (nSPS) is 12.8. The lowest BCUT2D eigenvalue weighted by atomic mass is 10.0. The monoisotopic (exact) mass is 319 g/mol. The van der Waals surface area contributed by atoms with Crippen LogP contribution in [0.5, 0.6) is 0 Å². The van der Waals surface area contributed by atoms with Gasteiger partial charge in [-0.05, 0) is 29.8 Å². The number of fused-ring (bicyclic) bond motifs is 1. The van der Waals surface area contributed by atoms with Crippen molar-refractivity contribution in [1.82, 2.24) is 9.78 Å². The molecule has 1 unspecified atom stereocenters. The van der Waals surface area contributed by atoms with E-state index in [-0.39, 0.29) is 6.04 Å². The lowest BCUT2D eigenvalue weighted by Gasteiger charge is -2.13. The molecule has 1 heterocycles. The van der Waals surface area contributed by atoms with Crippen molar-refractivity contribution in [3.05, 3.63) is 63.8 Å². The van der Waals surface area contributed by atoms with E-state index in [9.17, 15) is 0 Å². The zero-order chi connectivity index (χ0) is 15.0. The molecule has 2 aromatic carbocycles. The van der Waals surface area contributed by atoms with E-state index in [1.165, 1.54) is 0 Å². The lowest BCUT2D eigenvalue weighted by Crippen LogP contribution is -2.14. The zero-order valence-corrected chi connectivity index (χ0v) is 13.1. The Kier molecular flexibility index (Phi) is 3.89. The molecule has 2 N–H and O–H groups in total. The molecule has 0 aliphatic carbocycles. The van der Waals surface area contributed by atoms with Crippen molar-refractivity contribution in [3.8, 4) is 0 Å². The van der Waals surface area contributed by atoms with Crippen molar-refractivity contribution in [2.45, 2.75) is 12.5 Å². The van der Waals surface area contributed by atoms with Gasteiger partial charge in [-0.15, -0.1) is 0 Å². The molecule has 0 amide bonds. The molecule has 0 saturated heterocycles. The first-order valence-electron chi connectivity index (χ1n) is 6.67. The van der Waals surface area contributed by atoms with E-state index in [0.29, 0.717) is 16.5 Å². The molecular formula is C16H15Cl2N3. The van der Waals surface area contributed by atoms with Crippen molar-refractivity contribution in [2.24, 2.45) is 12.8 Å². The highest BCUT2D eigenvalue weighted by Gasteiger charge is 2.16. The second kappa shape index (κ2) is 5.68. The number of aryl methyl sites for hydroxylation is 1. The minimum Gasteiger partial charge on any atom is -0.324 e. The fourth-order valence-corrected chi connectivity index (χ4v) is 2.99. The molecule has 0 saturated carbocycles. The van der Waals surface area contributed by atoms with Crippen LogP contribution in [-0.2, 0) is 13.5 Å². The molecule has 108 valence electrons. The summed E-state index contributed by atoms with van der Waals surface area (Å²) in [6.07, 6.45) is 0.613. The number of rotatable bonds is 3. The molecule has 0 fully saturated rings. The van der Waals surface area contributed by atoms with Gasteiger partial charge in [-0.2, -0.15) is 5.10 Å². The second-order valence-corrected chi connectivity index (χ2v) is 5.91. The van der Waals surface area contributed by atoms with Crippen LogP contribution < -0.4 is 5.73 Å². The maximum Gasteiger partial charge on any atom is 0.0722 e. The fraction of sp³-hybridized carbons (Fsp3) is 0.188. The van der Waals surface area contributed by atoms with Crippen molar-refractivity contribution < 1.29 is 0 Å². The van der Waals surface area contributed by atoms with Gasteiger partial charge in [0.2, 0.25) is 0 Å². The number of nitrogens with zero attached hydrogens (tertiary/aromatic N) is 2. The highest BCUT2D eigenvalue weighted by molar-refractivity contribution is 6.33. The van der Waals surface area contributed by atoms with Gasteiger partial charge >= 0.3 is 0 Å². The summed E-state index contributed by atoms with van der Waals surface area (Å²) >= 11 is 12.2. The highest BCUT2D eigenvalue weighted by Crippen LogP contribution is 2.28. The van der Waals surface area contributed by atoms with E-state index >= 15 is 0 Å². The van der Waals surface area contributed by atoms with Gasteiger partial charge in [0, 0.05) is 34.9 Å². The molecule has 0 radical (unpaired) electrons. The molecule has 0 bridgehead atoms. The summed E-state index contributed by atoms with van der Waals surface area (Å²) in [5, 5.41) is 6.95. The van der Waals surface area contributed by atoms with Crippen molar-refractivity contribution in [3.63, 3.8) is 0 Å². The molecule has 3 rings (SSSR count). The third kappa shape index (κ3) is 2.77. The number of aromatic nitrogens is 2. The van der Waals surface area contributed by atoms with Gasteiger partial charge in [0.15, 0.2) is 0 Å². The Labute approximate surface area is 133 Å². The number of hydrogen-bond donors (Lipinski definition) is 1. The Bertz CT molecular complexity index is 795. The van der Waals surface area contributed by atoms with Crippen LogP contribution >= 0.6 is 23.2 Å². The number of hydrogen-bond acceptors (Lipinski definition) is 2. The Morgan fingerprint density at radius 1 is 1.19 bits per heavy atom. The first kappa shape index (κ1) is 14.4. The summed E-state index contributed by atoms with van der Waals surface area (Å²) in [6, 6.07) is 13.2. The van der Waals surface area contributed by atoms with E-state index in [0.717, 1.165) is 22.2 Å². The van der Waals surface area contributed by atoms with Crippen LogP contribution in [0.1, 0.15) is 17.3 Å². The van der Waals surface area contributed by atoms with E-state index in [4.69, 9.17) is 28.9 Å². The highest BCUT2D eigenvalue weighted by atomic mass is 35.5. The summed E-state index contributed by atoms with van der Waals surface area (Å²) in [5.41, 5.74) is 9.21. The predicted molar refractivity (Wildman–Crippen MR) is 87.8 cm³/mol. The number of benzene rings is 2. The number of halogens is 2. The molecule has 5 heteroatoms. The van der Waals surface area contributed by atoms with Gasteiger partial charge in [0.25, 0.3) is 0 Å². The topological polar surface area (TPSA) is 43.8 Å². The molecule has 0 spiro atoms. The largest absolute Gasteiger partial charge is 0.324 e.